The summed E-state index contributed by atoms with van der Waals surface area (Å²) in [7, 11) is 0. The molecule has 4 nitrogen and oxygen atoms in total. The van der Waals surface area contributed by atoms with Gasteiger partial charge in [0, 0.05) is 0 Å². The van der Waals surface area contributed by atoms with Gasteiger partial charge in [-0.05, 0) is 35.1 Å². The molecule has 150 valence electrons. The molecule has 0 radical (unpaired) electrons. The Morgan fingerprint density at radius 3 is 1.43 bits per heavy atom. The van der Waals surface area contributed by atoms with E-state index in [-0.39, 0.29) is 11.9 Å². The second-order valence-electron chi connectivity index (χ2n) is 7.31. The fourth-order valence-electron chi connectivity index (χ4n) is 2.62. The maximum atomic E-state index is 12.7. The Bertz CT molecular complexity index is 729. The topological polar surface area (TPSA) is 52.6 Å². The zero-order valence-corrected chi connectivity index (χ0v) is 17.2. The Labute approximate surface area is 167 Å². The van der Waals surface area contributed by atoms with E-state index in [9.17, 15) is 9.59 Å². The third-order valence-corrected chi connectivity index (χ3v) is 4.98. The van der Waals surface area contributed by atoms with Crippen LogP contribution in [0.3, 0.4) is 0 Å². The molecule has 0 spiro atoms. The second-order valence-corrected chi connectivity index (χ2v) is 7.31. The molecule has 2 unspecified atom stereocenters. The lowest BCUT2D eigenvalue weighted by molar-refractivity contribution is 0.0437. The second kappa shape index (κ2) is 10.6. The van der Waals surface area contributed by atoms with E-state index in [1.807, 2.05) is 38.1 Å². The van der Waals surface area contributed by atoms with Crippen molar-refractivity contribution in [2.45, 2.75) is 40.5 Å². The number of ether oxygens (including phenoxy) is 2. The lowest BCUT2D eigenvalue weighted by Crippen LogP contribution is -2.14. The lowest BCUT2D eigenvalue weighted by Gasteiger charge is -2.15. The van der Waals surface area contributed by atoms with Gasteiger partial charge in [-0.25, -0.2) is 9.59 Å². The zero-order valence-electron chi connectivity index (χ0n) is 17.2. The molecule has 28 heavy (non-hydrogen) atoms. The van der Waals surface area contributed by atoms with Crippen LogP contribution in [0.4, 0.5) is 0 Å². The van der Waals surface area contributed by atoms with Gasteiger partial charge in [-0.3, -0.25) is 0 Å². The van der Waals surface area contributed by atoms with E-state index in [1.165, 1.54) is 0 Å². The number of hydrogen-bond donors (Lipinski definition) is 0. The molecule has 0 aliphatic heterocycles. The van der Waals surface area contributed by atoms with Gasteiger partial charge >= 0.3 is 11.9 Å². The molecule has 4 heteroatoms. The predicted molar refractivity (Wildman–Crippen MR) is 111 cm³/mol. The highest BCUT2D eigenvalue weighted by molar-refractivity contribution is 6.03. The molecule has 0 aliphatic carbocycles. The molecular formula is C24H30O4. The summed E-state index contributed by atoms with van der Waals surface area (Å²) < 4.78 is 11.0. The van der Waals surface area contributed by atoms with Gasteiger partial charge in [0.2, 0.25) is 0 Å². The molecule has 0 N–H and O–H groups in total. The average Bonchev–Trinajstić information content (AvgIpc) is 2.75. The minimum atomic E-state index is -0.376. The van der Waals surface area contributed by atoms with Crippen molar-refractivity contribution in [3.05, 3.63) is 59.7 Å². The van der Waals surface area contributed by atoms with Crippen LogP contribution >= 0.6 is 0 Å². The highest BCUT2D eigenvalue weighted by atomic mass is 16.5. The summed E-state index contributed by atoms with van der Waals surface area (Å²) in [5, 5.41) is 0. The van der Waals surface area contributed by atoms with Crippen LogP contribution in [0.1, 0.15) is 61.3 Å². The summed E-state index contributed by atoms with van der Waals surface area (Å²) in [5.41, 5.74) is 2.25. The Morgan fingerprint density at radius 2 is 1.07 bits per heavy atom. The van der Waals surface area contributed by atoms with E-state index in [0.29, 0.717) is 47.3 Å². The van der Waals surface area contributed by atoms with Gasteiger partial charge in [0.05, 0.1) is 24.3 Å². The van der Waals surface area contributed by atoms with Crippen LogP contribution in [-0.2, 0) is 9.47 Å². The van der Waals surface area contributed by atoms with Crippen molar-refractivity contribution in [2.24, 2.45) is 11.8 Å². The minimum Gasteiger partial charge on any atom is -0.462 e. The number of carbonyl (C=O) groups excluding carboxylic acids is 2. The van der Waals surface area contributed by atoms with Crippen LogP contribution in [0.2, 0.25) is 0 Å². The summed E-state index contributed by atoms with van der Waals surface area (Å²) in [4.78, 5) is 25.3. The highest BCUT2D eigenvalue weighted by Gasteiger charge is 2.20. The summed E-state index contributed by atoms with van der Waals surface area (Å²) >= 11 is 0. The molecule has 0 bridgehead atoms. The molecule has 0 fully saturated rings. The Morgan fingerprint density at radius 1 is 0.714 bits per heavy atom. The largest absolute Gasteiger partial charge is 0.462 e. The first kappa shape index (κ1) is 21.7. The van der Waals surface area contributed by atoms with Gasteiger partial charge in [-0.2, -0.15) is 0 Å². The first-order valence-corrected chi connectivity index (χ1v) is 10.0. The van der Waals surface area contributed by atoms with Crippen molar-refractivity contribution in [1.29, 1.82) is 0 Å². The van der Waals surface area contributed by atoms with Crippen LogP contribution in [0.5, 0.6) is 0 Å². The smallest absolute Gasteiger partial charge is 0.338 e. The Hall–Kier alpha value is -2.62. The minimum absolute atomic E-state index is 0.305. The van der Waals surface area contributed by atoms with Gasteiger partial charge in [0.15, 0.2) is 0 Å². The van der Waals surface area contributed by atoms with E-state index >= 15 is 0 Å². The van der Waals surface area contributed by atoms with Gasteiger partial charge in [-0.1, -0.05) is 76.9 Å². The molecule has 2 rings (SSSR count). The van der Waals surface area contributed by atoms with Gasteiger partial charge in [0.1, 0.15) is 0 Å². The van der Waals surface area contributed by atoms with Crippen molar-refractivity contribution < 1.29 is 19.1 Å². The van der Waals surface area contributed by atoms with Crippen molar-refractivity contribution in [3.8, 4) is 11.1 Å². The van der Waals surface area contributed by atoms with Crippen LogP contribution in [0.15, 0.2) is 48.5 Å². The van der Waals surface area contributed by atoms with Crippen LogP contribution < -0.4 is 0 Å². The van der Waals surface area contributed by atoms with E-state index < -0.39 is 0 Å². The van der Waals surface area contributed by atoms with E-state index in [0.717, 1.165) is 12.8 Å². The molecular weight excluding hydrogens is 352 g/mol. The quantitative estimate of drug-likeness (QED) is 0.517. The maximum Gasteiger partial charge on any atom is 0.338 e. The maximum absolute atomic E-state index is 12.7. The number of rotatable bonds is 9. The molecule has 0 heterocycles. The fourth-order valence-corrected chi connectivity index (χ4v) is 2.62. The summed E-state index contributed by atoms with van der Waals surface area (Å²) in [5.74, 6) is -0.143. The standard InChI is InChI=1S/C24H30O4/c1-5-17(3)15-27-23(25)21-13-9-7-11-19(21)20-12-8-10-14-22(20)24(26)28-16-18(4)6-2/h7-14,17-18H,5-6,15-16H2,1-4H3. The van der Waals surface area contributed by atoms with Gasteiger partial charge < -0.3 is 9.47 Å². The number of esters is 2. The van der Waals surface area contributed by atoms with Crippen molar-refractivity contribution in [3.63, 3.8) is 0 Å². The molecule has 0 amide bonds. The zero-order chi connectivity index (χ0) is 20.5. The third-order valence-electron chi connectivity index (χ3n) is 4.98. The van der Waals surface area contributed by atoms with Crippen molar-refractivity contribution >= 4 is 11.9 Å². The van der Waals surface area contributed by atoms with Crippen LogP contribution in [-0.4, -0.2) is 25.2 Å². The molecule has 0 saturated carbocycles. The van der Waals surface area contributed by atoms with E-state index in [2.05, 4.69) is 13.8 Å². The predicted octanol–water partition coefficient (Wildman–Crippen LogP) is 5.76. The first-order valence-electron chi connectivity index (χ1n) is 10.0. The number of carbonyl (C=O) groups is 2. The summed E-state index contributed by atoms with van der Waals surface area (Å²) in [6.45, 7) is 8.97. The molecule has 2 aromatic rings. The Kier molecular flexibility index (Phi) is 8.24. The lowest BCUT2D eigenvalue weighted by atomic mass is 9.95. The molecule has 0 aromatic heterocycles. The van der Waals surface area contributed by atoms with E-state index in [1.54, 1.807) is 24.3 Å². The van der Waals surface area contributed by atoms with Crippen molar-refractivity contribution in [1.82, 2.24) is 0 Å². The average molecular weight is 383 g/mol. The SMILES string of the molecule is CCC(C)COC(=O)c1ccccc1-c1ccccc1C(=O)OCC(C)CC. The monoisotopic (exact) mass is 382 g/mol. The fraction of sp³-hybridized carbons (Fsp3) is 0.417. The highest BCUT2D eigenvalue weighted by Crippen LogP contribution is 2.28. The van der Waals surface area contributed by atoms with Crippen LogP contribution in [0.25, 0.3) is 11.1 Å². The first-order chi connectivity index (χ1) is 13.5. The summed E-state index contributed by atoms with van der Waals surface area (Å²) in [6, 6.07) is 14.4. The third kappa shape index (κ3) is 5.69. The summed E-state index contributed by atoms with van der Waals surface area (Å²) in [6.07, 6.45) is 1.89. The normalized spacial score (nSPS) is 12.9. The van der Waals surface area contributed by atoms with Gasteiger partial charge in [0.25, 0.3) is 0 Å². The molecule has 2 aromatic carbocycles. The van der Waals surface area contributed by atoms with Crippen molar-refractivity contribution in [2.75, 3.05) is 13.2 Å². The Balaban J connectivity index is 2.31. The number of benzene rings is 2. The molecule has 0 saturated heterocycles. The number of hydrogen-bond acceptors (Lipinski definition) is 4. The molecule has 0 aliphatic rings. The van der Waals surface area contributed by atoms with Gasteiger partial charge in [-0.15, -0.1) is 0 Å². The molecule has 2 atom stereocenters. The van der Waals surface area contributed by atoms with E-state index in [4.69, 9.17) is 9.47 Å². The van der Waals surface area contributed by atoms with Crippen LogP contribution in [0, 0.1) is 11.8 Å².